The number of nitrogen functional groups attached to an aromatic ring is 1. The Morgan fingerprint density at radius 3 is 2.73 bits per heavy atom. The second-order valence-corrected chi connectivity index (χ2v) is 9.36. The molecule has 2 atom stereocenters. The Labute approximate surface area is 191 Å². The number of fused-ring (bicyclic) bond motifs is 2. The van der Waals surface area contributed by atoms with Crippen molar-refractivity contribution in [2.75, 3.05) is 5.73 Å². The molecule has 9 heteroatoms. The van der Waals surface area contributed by atoms with Crippen LogP contribution in [0.4, 0.5) is 10.2 Å². The maximum Gasteiger partial charge on any atom is 0.156 e. The lowest BCUT2D eigenvalue weighted by Gasteiger charge is -2.14. The fourth-order valence-corrected chi connectivity index (χ4v) is 4.56. The SMILES string of the molecule is CC(C)(O)O.Cc1cnc2cc(CCC3CCC(n4ccc5c(N)ncnc54)C3)c(F)cn12. The maximum atomic E-state index is 14.5. The minimum atomic E-state index is -1.50. The Hall–Kier alpha value is -3.04. The summed E-state index contributed by atoms with van der Waals surface area (Å²) in [6.07, 6.45) is 12.0. The van der Waals surface area contributed by atoms with Gasteiger partial charge in [-0.15, -0.1) is 0 Å². The van der Waals surface area contributed by atoms with Gasteiger partial charge in [0.2, 0.25) is 0 Å². The first-order chi connectivity index (χ1) is 15.6. The molecule has 2 unspecified atom stereocenters. The van der Waals surface area contributed by atoms with Crippen molar-refractivity contribution in [3.63, 3.8) is 0 Å². The molecule has 4 aromatic heterocycles. The van der Waals surface area contributed by atoms with Gasteiger partial charge >= 0.3 is 0 Å². The molecule has 1 aliphatic rings. The molecule has 1 aliphatic carbocycles. The van der Waals surface area contributed by atoms with Crippen molar-refractivity contribution in [3.8, 4) is 0 Å². The van der Waals surface area contributed by atoms with Gasteiger partial charge in [-0.2, -0.15) is 0 Å². The van der Waals surface area contributed by atoms with Gasteiger partial charge in [0.05, 0.1) is 5.39 Å². The third-order valence-corrected chi connectivity index (χ3v) is 6.13. The third-order valence-electron chi connectivity index (χ3n) is 6.13. The lowest BCUT2D eigenvalue weighted by Crippen LogP contribution is -2.15. The molecule has 5 rings (SSSR count). The van der Waals surface area contributed by atoms with Crippen LogP contribution in [-0.2, 0) is 6.42 Å². The van der Waals surface area contributed by atoms with E-state index in [-0.39, 0.29) is 5.82 Å². The van der Waals surface area contributed by atoms with Gasteiger partial charge in [0, 0.05) is 30.3 Å². The van der Waals surface area contributed by atoms with Crippen LogP contribution in [0.1, 0.15) is 56.8 Å². The second kappa shape index (κ2) is 9.07. The minimum Gasteiger partial charge on any atom is -0.383 e. The zero-order chi connectivity index (χ0) is 23.8. The van der Waals surface area contributed by atoms with Crippen molar-refractivity contribution in [1.29, 1.82) is 0 Å². The normalized spacial score (nSPS) is 18.6. The zero-order valence-corrected chi connectivity index (χ0v) is 19.2. The van der Waals surface area contributed by atoms with Crippen LogP contribution in [0.25, 0.3) is 16.7 Å². The van der Waals surface area contributed by atoms with E-state index in [1.54, 1.807) is 16.8 Å². The summed E-state index contributed by atoms with van der Waals surface area (Å²) >= 11 is 0. The average Bonchev–Trinajstić information content (AvgIpc) is 3.45. The summed E-state index contributed by atoms with van der Waals surface area (Å²) in [5.41, 5.74) is 9.38. The summed E-state index contributed by atoms with van der Waals surface area (Å²) < 4.78 is 18.5. The van der Waals surface area contributed by atoms with Crippen LogP contribution >= 0.6 is 0 Å². The summed E-state index contributed by atoms with van der Waals surface area (Å²) in [5.74, 6) is -0.538. The zero-order valence-electron chi connectivity index (χ0n) is 19.2. The number of aliphatic hydroxyl groups is 2. The topological polar surface area (TPSA) is 114 Å². The van der Waals surface area contributed by atoms with Crippen molar-refractivity contribution < 1.29 is 14.6 Å². The summed E-state index contributed by atoms with van der Waals surface area (Å²) in [7, 11) is 0. The van der Waals surface area contributed by atoms with E-state index in [1.807, 2.05) is 19.1 Å². The van der Waals surface area contributed by atoms with Crippen molar-refractivity contribution in [3.05, 3.63) is 54.1 Å². The van der Waals surface area contributed by atoms with E-state index in [0.29, 0.717) is 17.8 Å². The second-order valence-electron chi connectivity index (χ2n) is 9.36. The van der Waals surface area contributed by atoms with Gasteiger partial charge in [-0.1, -0.05) is 0 Å². The molecular formula is C24H31FN6O2. The summed E-state index contributed by atoms with van der Waals surface area (Å²) in [6.45, 7) is 4.53. The number of nitrogens with zero attached hydrogens (tertiary/aromatic N) is 5. The molecule has 0 spiro atoms. The van der Waals surface area contributed by atoms with E-state index < -0.39 is 5.79 Å². The van der Waals surface area contributed by atoms with E-state index in [2.05, 4.69) is 25.7 Å². The molecule has 0 aromatic carbocycles. The Morgan fingerprint density at radius 2 is 1.97 bits per heavy atom. The van der Waals surface area contributed by atoms with E-state index in [9.17, 15) is 4.39 Å². The molecule has 0 saturated heterocycles. The number of aryl methyl sites for hydroxylation is 2. The fraction of sp³-hybridized carbons (Fsp3) is 0.458. The first-order valence-electron chi connectivity index (χ1n) is 11.2. The average molecular weight is 455 g/mol. The molecule has 1 fully saturated rings. The van der Waals surface area contributed by atoms with Crippen LogP contribution in [-0.4, -0.2) is 39.9 Å². The summed E-state index contributed by atoms with van der Waals surface area (Å²) in [6, 6.07) is 4.29. The monoisotopic (exact) mass is 454 g/mol. The molecule has 0 bridgehead atoms. The highest BCUT2D eigenvalue weighted by Gasteiger charge is 2.27. The van der Waals surface area contributed by atoms with Gasteiger partial charge in [-0.05, 0) is 76.5 Å². The lowest BCUT2D eigenvalue weighted by molar-refractivity contribution is -0.127. The highest BCUT2D eigenvalue weighted by molar-refractivity contribution is 5.86. The number of hydrogen-bond acceptors (Lipinski definition) is 6. The van der Waals surface area contributed by atoms with E-state index in [0.717, 1.165) is 60.0 Å². The molecule has 176 valence electrons. The predicted molar refractivity (Wildman–Crippen MR) is 125 cm³/mol. The smallest absolute Gasteiger partial charge is 0.156 e. The largest absolute Gasteiger partial charge is 0.383 e. The number of nitrogens with two attached hydrogens (primary N) is 1. The maximum absolute atomic E-state index is 14.5. The van der Waals surface area contributed by atoms with Crippen molar-refractivity contribution in [1.82, 2.24) is 23.9 Å². The van der Waals surface area contributed by atoms with Crippen molar-refractivity contribution in [2.24, 2.45) is 5.92 Å². The summed E-state index contributed by atoms with van der Waals surface area (Å²) in [5, 5.41) is 17.1. The Balaban J connectivity index is 0.000000471. The fourth-order valence-electron chi connectivity index (χ4n) is 4.56. The standard InChI is InChI=1S/C21H23FN6.C3H8O2/c1-13-10-24-19-9-15(18(22)11-28(13)19)4-2-14-3-5-16(8-14)27-7-6-17-20(23)25-12-26-21(17)27;1-3(2,4)5/h6-7,9-12,14,16H,2-5,8H2,1H3,(H2,23,25,26);4-5H,1-2H3. The molecule has 0 radical (unpaired) electrons. The molecule has 1 saturated carbocycles. The van der Waals surface area contributed by atoms with E-state index in [4.69, 9.17) is 15.9 Å². The van der Waals surface area contributed by atoms with Crippen molar-refractivity contribution >= 4 is 22.5 Å². The van der Waals surface area contributed by atoms with Crippen LogP contribution in [0.2, 0.25) is 0 Å². The molecule has 4 aromatic rings. The Morgan fingerprint density at radius 1 is 1.21 bits per heavy atom. The lowest BCUT2D eigenvalue weighted by atomic mass is 9.98. The van der Waals surface area contributed by atoms with Gasteiger partial charge in [0.25, 0.3) is 0 Å². The van der Waals surface area contributed by atoms with Gasteiger partial charge in [-0.3, -0.25) is 0 Å². The number of pyridine rings is 1. The first-order valence-corrected chi connectivity index (χ1v) is 11.2. The van der Waals surface area contributed by atoms with Gasteiger partial charge in [-0.25, -0.2) is 19.3 Å². The van der Waals surface area contributed by atoms with Crippen LogP contribution in [0.15, 0.2) is 37.1 Å². The number of halogens is 1. The van der Waals surface area contributed by atoms with E-state index >= 15 is 0 Å². The van der Waals surface area contributed by atoms with Gasteiger partial charge < -0.3 is 24.9 Å². The highest BCUT2D eigenvalue weighted by Crippen LogP contribution is 2.39. The van der Waals surface area contributed by atoms with Crippen LogP contribution in [0.3, 0.4) is 0 Å². The highest BCUT2D eigenvalue weighted by atomic mass is 19.1. The molecule has 4 heterocycles. The quantitative estimate of drug-likeness (QED) is 0.404. The molecule has 0 aliphatic heterocycles. The minimum absolute atomic E-state index is 0.147. The summed E-state index contributed by atoms with van der Waals surface area (Å²) in [4.78, 5) is 12.8. The third kappa shape index (κ3) is 5.31. The molecule has 8 nitrogen and oxygen atoms in total. The number of anilines is 1. The number of aromatic nitrogens is 5. The Kier molecular flexibility index (Phi) is 6.36. The number of imidazole rings is 1. The van der Waals surface area contributed by atoms with Gasteiger partial charge in [0.1, 0.15) is 29.3 Å². The van der Waals surface area contributed by atoms with Crippen LogP contribution < -0.4 is 5.73 Å². The van der Waals surface area contributed by atoms with Crippen LogP contribution in [0, 0.1) is 18.7 Å². The molecule has 0 amide bonds. The van der Waals surface area contributed by atoms with Gasteiger partial charge in [0.15, 0.2) is 5.79 Å². The Bertz CT molecular complexity index is 1250. The predicted octanol–water partition coefficient (Wildman–Crippen LogP) is 3.79. The molecular weight excluding hydrogens is 423 g/mol. The number of rotatable bonds is 4. The number of hydrogen-bond donors (Lipinski definition) is 3. The van der Waals surface area contributed by atoms with E-state index in [1.165, 1.54) is 20.2 Å². The molecule has 33 heavy (non-hydrogen) atoms. The van der Waals surface area contributed by atoms with Crippen LogP contribution in [0.5, 0.6) is 0 Å². The van der Waals surface area contributed by atoms with Crippen molar-refractivity contribution in [2.45, 2.75) is 64.7 Å². The molecule has 4 N–H and O–H groups in total. The first kappa shape index (κ1) is 23.1.